The Hall–Kier alpha value is -2.15. The lowest BCUT2D eigenvalue weighted by molar-refractivity contribution is -0.132. The Balaban J connectivity index is 1.81. The van der Waals surface area contributed by atoms with Gasteiger partial charge in [-0.3, -0.25) is 19.4 Å². The SMILES string of the molecule is Cc1nc2c(c(C)c1CCC(=O)N1CCCC(N)C1)c(=O)[nH]n2C. The molecule has 3 rings (SSSR count). The number of aromatic nitrogens is 3. The van der Waals surface area contributed by atoms with E-state index in [9.17, 15) is 9.59 Å². The molecular formula is C17H25N5O2. The average Bonchev–Trinajstić information content (AvgIpc) is 2.81. The second kappa shape index (κ2) is 6.39. The molecule has 0 aliphatic carbocycles. The minimum atomic E-state index is -0.132. The smallest absolute Gasteiger partial charge is 0.273 e. The fourth-order valence-corrected chi connectivity index (χ4v) is 3.64. The maximum atomic E-state index is 12.5. The minimum absolute atomic E-state index is 0.0899. The summed E-state index contributed by atoms with van der Waals surface area (Å²) in [5, 5.41) is 3.36. The first-order chi connectivity index (χ1) is 11.4. The van der Waals surface area contributed by atoms with Crippen LogP contribution in [0.15, 0.2) is 4.79 Å². The van der Waals surface area contributed by atoms with Crippen LogP contribution in [0, 0.1) is 13.8 Å². The molecule has 7 heteroatoms. The summed E-state index contributed by atoms with van der Waals surface area (Å²) in [6.45, 7) is 5.30. The second-order valence-corrected chi connectivity index (χ2v) is 6.74. The fourth-order valence-electron chi connectivity index (χ4n) is 3.64. The number of likely N-dealkylation sites (tertiary alicyclic amines) is 1. The van der Waals surface area contributed by atoms with E-state index in [1.165, 1.54) is 0 Å². The number of rotatable bonds is 3. The van der Waals surface area contributed by atoms with Crippen molar-refractivity contribution in [2.75, 3.05) is 13.1 Å². The Bertz CT molecular complexity index is 836. The van der Waals surface area contributed by atoms with Crippen molar-refractivity contribution in [3.8, 4) is 0 Å². The molecule has 1 unspecified atom stereocenters. The third-order valence-electron chi connectivity index (χ3n) is 4.98. The van der Waals surface area contributed by atoms with E-state index >= 15 is 0 Å². The number of pyridine rings is 1. The molecule has 3 heterocycles. The standard InChI is InChI=1S/C17H25N5O2/c1-10-13(6-7-14(23)22-8-4-5-12(18)9-22)11(2)19-16-15(10)17(24)20-21(16)3/h12H,4-9,18H2,1-3H3,(H,20,24). The Kier molecular flexibility index (Phi) is 4.45. The quantitative estimate of drug-likeness (QED) is 0.868. The number of fused-ring (bicyclic) bond motifs is 1. The number of nitrogens with one attached hydrogen (secondary N) is 1. The van der Waals surface area contributed by atoms with Gasteiger partial charge in [0, 0.05) is 38.3 Å². The Morgan fingerprint density at radius 3 is 2.88 bits per heavy atom. The number of hydrogen-bond acceptors (Lipinski definition) is 4. The number of aromatic amines is 1. The third kappa shape index (κ3) is 2.96. The van der Waals surface area contributed by atoms with E-state index in [0.29, 0.717) is 30.4 Å². The van der Waals surface area contributed by atoms with Gasteiger partial charge in [-0.15, -0.1) is 0 Å². The molecule has 1 amide bonds. The highest BCUT2D eigenvalue weighted by Gasteiger charge is 2.22. The molecule has 2 aromatic heterocycles. The van der Waals surface area contributed by atoms with Crippen LogP contribution in [0.1, 0.15) is 36.1 Å². The van der Waals surface area contributed by atoms with Crippen molar-refractivity contribution in [2.45, 2.75) is 45.6 Å². The van der Waals surface area contributed by atoms with Gasteiger partial charge in [-0.1, -0.05) is 0 Å². The zero-order valence-corrected chi connectivity index (χ0v) is 14.6. The van der Waals surface area contributed by atoms with Crippen molar-refractivity contribution in [3.05, 3.63) is 27.2 Å². The molecule has 2 aromatic rings. The number of carbonyl (C=O) groups is 1. The minimum Gasteiger partial charge on any atom is -0.341 e. The highest BCUT2D eigenvalue weighted by molar-refractivity contribution is 5.81. The molecule has 130 valence electrons. The number of nitrogens with two attached hydrogens (primary N) is 1. The molecule has 0 aromatic carbocycles. The Morgan fingerprint density at radius 2 is 2.17 bits per heavy atom. The number of nitrogens with zero attached hydrogens (tertiary/aromatic N) is 3. The predicted octanol–water partition coefficient (Wildman–Crippen LogP) is 0.761. The number of H-pyrrole nitrogens is 1. The molecule has 3 N–H and O–H groups in total. The van der Waals surface area contributed by atoms with E-state index in [4.69, 9.17) is 5.73 Å². The summed E-state index contributed by atoms with van der Waals surface area (Å²) in [6.07, 6.45) is 2.98. The Labute approximate surface area is 140 Å². The van der Waals surface area contributed by atoms with Crippen molar-refractivity contribution in [2.24, 2.45) is 12.8 Å². The van der Waals surface area contributed by atoms with Crippen molar-refractivity contribution < 1.29 is 4.79 Å². The van der Waals surface area contributed by atoms with Crippen LogP contribution in [0.25, 0.3) is 11.0 Å². The molecule has 1 saturated heterocycles. The van der Waals surface area contributed by atoms with Crippen LogP contribution in [0.4, 0.5) is 0 Å². The van der Waals surface area contributed by atoms with Crippen LogP contribution in [-0.2, 0) is 18.3 Å². The topological polar surface area (TPSA) is 97.0 Å². The molecule has 0 saturated carbocycles. The zero-order chi connectivity index (χ0) is 17.4. The van der Waals surface area contributed by atoms with Gasteiger partial charge < -0.3 is 10.6 Å². The van der Waals surface area contributed by atoms with Crippen LogP contribution < -0.4 is 11.3 Å². The lowest BCUT2D eigenvalue weighted by atomic mass is 9.99. The van der Waals surface area contributed by atoms with Crippen LogP contribution >= 0.6 is 0 Å². The number of piperidine rings is 1. The van der Waals surface area contributed by atoms with Gasteiger partial charge in [-0.2, -0.15) is 0 Å². The summed E-state index contributed by atoms with van der Waals surface area (Å²) >= 11 is 0. The predicted molar refractivity (Wildman–Crippen MR) is 92.9 cm³/mol. The van der Waals surface area contributed by atoms with Crippen LogP contribution in [-0.4, -0.2) is 44.7 Å². The Morgan fingerprint density at radius 1 is 1.42 bits per heavy atom. The lowest BCUT2D eigenvalue weighted by Crippen LogP contribution is -2.45. The highest BCUT2D eigenvalue weighted by atomic mass is 16.2. The van der Waals surface area contributed by atoms with Gasteiger partial charge in [0.2, 0.25) is 5.91 Å². The number of hydrogen-bond donors (Lipinski definition) is 2. The highest BCUT2D eigenvalue weighted by Crippen LogP contribution is 2.21. The lowest BCUT2D eigenvalue weighted by Gasteiger charge is -2.31. The van der Waals surface area contributed by atoms with Crippen LogP contribution in [0.5, 0.6) is 0 Å². The molecular weight excluding hydrogens is 306 g/mol. The second-order valence-electron chi connectivity index (χ2n) is 6.74. The monoisotopic (exact) mass is 331 g/mol. The van der Waals surface area contributed by atoms with Crippen molar-refractivity contribution in [1.29, 1.82) is 0 Å². The van der Waals surface area contributed by atoms with Crippen LogP contribution in [0.2, 0.25) is 0 Å². The third-order valence-corrected chi connectivity index (χ3v) is 4.98. The molecule has 1 atom stereocenters. The van der Waals surface area contributed by atoms with Gasteiger partial charge in [0.05, 0.1) is 5.39 Å². The number of carbonyl (C=O) groups excluding carboxylic acids is 1. The molecule has 24 heavy (non-hydrogen) atoms. The summed E-state index contributed by atoms with van der Waals surface area (Å²) in [6, 6.07) is 0.0899. The van der Waals surface area contributed by atoms with Gasteiger partial charge in [0.1, 0.15) is 0 Å². The van der Waals surface area contributed by atoms with Gasteiger partial charge >= 0.3 is 0 Å². The van der Waals surface area contributed by atoms with E-state index in [2.05, 4.69) is 10.1 Å². The summed E-state index contributed by atoms with van der Waals surface area (Å²) in [5.41, 5.74) is 9.27. The summed E-state index contributed by atoms with van der Waals surface area (Å²) in [7, 11) is 1.78. The molecule has 1 aliphatic heterocycles. The maximum absolute atomic E-state index is 12.5. The fraction of sp³-hybridized carbons (Fsp3) is 0.588. The summed E-state index contributed by atoms with van der Waals surface area (Å²) in [4.78, 5) is 31.0. The number of amides is 1. The van der Waals surface area contributed by atoms with Crippen molar-refractivity contribution in [3.63, 3.8) is 0 Å². The first kappa shape index (κ1) is 16.7. The van der Waals surface area contributed by atoms with E-state index in [-0.39, 0.29) is 17.5 Å². The largest absolute Gasteiger partial charge is 0.341 e. The summed E-state index contributed by atoms with van der Waals surface area (Å²) in [5.74, 6) is 0.131. The first-order valence-corrected chi connectivity index (χ1v) is 8.46. The van der Waals surface area contributed by atoms with Gasteiger partial charge in [0.15, 0.2) is 5.65 Å². The van der Waals surface area contributed by atoms with Gasteiger partial charge in [-0.05, 0) is 44.2 Å². The van der Waals surface area contributed by atoms with E-state index in [1.54, 1.807) is 11.7 Å². The number of aryl methyl sites for hydroxylation is 3. The zero-order valence-electron chi connectivity index (χ0n) is 14.6. The maximum Gasteiger partial charge on any atom is 0.273 e. The van der Waals surface area contributed by atoms with Crippen molar-refractivity contribution in [1.82, 2.24) is 19.7 Å². The molecule has 0 bridgehead atoms. The van der Waals surface area contributed by atoms with Crippen LogP contribution in [0.3, 0.4) is 0 Å². The van der Waals surface area contributed by atoms with E-state index in [1.807, 2.05) is 18.7 Å². The molecule has 0 spiro atoms. The molecule has 0 radical (unpaired) electrons. The van der Waals surface area contributed by atoms with Gasteiger partial charge in [-0.25, -0.2) is 4.98 Å². The van der Waals surface area contributed by atoms with E-state index in [0.717, 1.165) is 36.2 Å². The van der Waals surface area contributed by atoms with Gasteiger partial charge in [0.25, 0.3) is 5.56 Å². The first-order valence-electron chi connectivity index (χ1n) is 8.46. The normalized spacial score (nSPS) is 18.3. The summed E-state index contributed by atoms with van der Waals surface area (Å²) < 4.78 is 1.64. The van der Waals surface area contributed by atoms with Crippen molar-refractivity contribution >= 4 is 16.9 Å². The molecule has 1 aliphatic rings. The van der Waals surface area contributed by atoms with E-state index < -0.39 is 0 Å². The molecule has 7 nitrogen and oxygen atoms in total. The molecule has 1 fully saturated rings. The average molecular weight is 331 g/mol.